The summed E-state index contributed by atoms with van der Waals surface area (Å²) in [6.45, 7) is 4.21. The van der Waals surface area contributed by atoms with Gasteiger partial charge in [0.1, 0.15) is 5.41 Å². The molecule has 1 atom stereocenters. The van der Waals surface area contributed by atoms with E-state index in [-0.39, 0.29) is 11.7 Å². The molecular weight excluding hydrogens is 254 g/mol. The lowest BCUT2D eigenvalue weighted by Crippen LogP contribution is -2.57. The second-order valence-electron chi connectivity index (χ2n) is 4.77. The molecule has 0 aromatic carbocycles. The van der Waals surface area contributed by atoms with E-state index < -0.39 is 16.2 Å². The topological polar surface area (TPSA) is 105 Å². The highest BCUT2D eigenvalue weighted by Gasteiger charge is 2.51. The molecular formula is C11H21N3O3S. The maximum absolute atomic E-state index is 12.1. The molecule has 1 unspecified atom stereocenters. The maximum atomic E-state index is 12.1. The third-order valence-corrected chi connectivity index (χ3v) is 4.67. The van der Waals surface area contributed by atoms with Crippen LogP contribution in [0.5, 0.6) is 0 Å². The highest BCUT2D eigenvalue weighted by atomic mass is 32.2. The van der Waals surface area contributed by atoms with Crippen molar-refractivity contribution in [2.75, 3.05) is 18.1 Å². The van der Waals surface area contributed by atoms with Crippen molar-refractivity contribution in [2.45, 2.75) is 26.7 Å². The summed E-state index contributed by atoms with van der Waals surface area (Å²) in [6.07, 6.45) is 1.18. The Morgan fingerprint density at radius 2 is 2.22 bits per heavy atom. The summed E-state index contributed by atoms with van der Waals surface area (Å²) in [5.41, 5.74) is 4.74. The Labute approximate surface area is 109 Å². The minimum atomic E-state index is -0.899. The average molecular weight is 275 g/mol. The number of rotatable bonds is 6. The molecule has 0 aromatic rings. The molecule has 1 aliphatic carbocycles. The van der Waals surface area contributed by atoms with Gasteiger partial charge < -0.3 is 16.3 Å². The second-order valence-corrected chi connectivity index (χ2v) is 6.63. The summed E-state index contributed by atoms with van der Waals surface area (Å²) >= 11 is 0. The van der Waals surface area contributed by atoms with Crippen LogP contribution >= 0.6 is 0 Å². The fourth-order valence-electron chi connectivity index (χ4n) is 2.33. The quantitative estimate of drug-likeness (QED) is 0.275. The molecule has 0 aromatic heterocycles. The molecule has 0 radical (unpaired) electrons. The van der Waals surface area contributed by atoms with Crippen molar-refractivity contribution in [1.29, 1.82) is 0 Å². The first-order valence-corrected chi connectivity index (χ1v) is 7.56. The zero-order valence-electron chi connectivity index (χ0n) is 10.8. The van der Waals surface area contributed by atoms with Gasteiger partial charge in [0.25, 0.3) is 0 Å². The van der Waals surface area contributed by atoms with E-state index in [4.69, 9.17) is 10.9 Å². The number of amides is 1. The van der Waals surface area contributed by atoms with E-state index in [0.29, 0.717) is 36.8 Å². The number of hydrogen-bond acceptors (Lipinski definition) is 4. The molecule has 1 fully saturated rings. The lowest BCUT2D eigenvalue weighted by molar-refractivity contribution is -0.133. The molecule has 104 valence electrons. The number of hydrogen-bond donors (Lipinski definition) is 3. The minimum Gasteiger partial charge on any atom is -0.409 e. The Morgan fingerprint density at radius 3 is 2.67 bits per heavy atom. The lowest BCUT2D eigenvalue weighted by Gasteiger charge is -2.43. The first-order chi connectivity index (χ1) is 8.46. The average Bonchev–Trinajstić information content (AvgIpc) is 2.33. The minimum absolute atomic E-state index is 0.0327. The van der Waals surface area contributed by atoms with Crippen molar-refractivity contribution in [3.63, 3.8) is 0 Å². The normalized spacial score (nSPS) is 29.4. The summed E-state index contributed by atoms with van der Waals surface area (Å²) in [7, 11) is -0.899. The number of oxime groups is 1. The van der Waals surface area contributed by atoms with Gasteiger partial charge in [0.2, 0.25) is 5.91 Å². The molecule has 4 N–H and O–H groups in total. The van der Waals surface area contributed by atoms with E-state index in [1.807, 2.05) is 13.8 Å². The summed E-state index contributed by atoms with van der Waals surface area (Å²) < 4.78 is 11.2. The van der Waals surface area contributed by atoms with Crippen LogP contribution in [0, 0.1) is 11.3 Å². The molecule has 18 heavy (non-hydrogen) atoms. The lowest BCUT2D eigenvalue weighted by atomic mass is 9.61. The van der Waals surface area contributed by atoms with Crippen LogP contribution in [0.1, 0.15) is 26.7 Å². The van der Waals surface area contributed by atoms with Crippen LogP contribution in [0.15, 0.2) is 5.16 Å². The van der Waals surface area contributed by atoms with Gasteiger partial charge in [0, 0.05) is 28.9 Å². The monoisotopic (exact) mass is 275 g/mol. The standard InChI is InChI=1S/C11H21N3O3S/c1-3-18(17)5-4-13-10(15)11(9(12)14-16)6-8(2)7-11/h8,16H,3-7H2,1-2H3,(H2,12,14)(H,13,15). The van der Waals surface area contributed by atoms with E-state index >= 15 is 0 Å². The van der Waals surface area contributed by atoms with Crippen LogP contribution in [0.2, 0.25) is 0 Å². The van der Waals surface area contributed by atoms with Gasteiger partial charge in [0.05, 0.1) is 0 Å². The van der Waals surface area contributed by atoms with Crippen LogP contribution in [-0.4, -0.2) is 39.2 Å². The molecule has 0 bridgehead atoms. The van der Waals surface area contributed by atoms with Gasteiger partial charge >= 0.3 is 0 Å². The van der Waals surface area contributed by atoms with E-state index in [0.717, 1.165) is 0 Å². The number of nitrogens with two attached hydrogens (primary N) is 1. The first kappa shape index (κ1) is 14.9. The Hall–Kier alpha value is -1.11. The van der Waals surface area contributed by atoms with Crippen LogP contribution in [0.25, 0.3) is 0 Å². The van der Waals surface area contributed by atoms with Crippen molar-refractivity contribution >= 4 is 22.5 Å². The van der Waals surface area contributed by atoms with Gasteiger partial charge in [-0.2, -0.15) is 0 Å². The van der Waals surface area contributed by atoms with Gasteiger partial charge in [-0.1, -0.05) is 19.0 Å². The summed E-state index contributed by atoms with van der Waals surface area (Å²) in [5.74, 6) is 1.14. The van der Waals surface area contributed by atoms with Crippen molar-refractivity contribution in [2.24, 2.45) is 22.2 Å². The summed E-state index contributed by atoms with van der Waals surface area (Å²) in [5, 5.41) is 14.5. The number of carbonyl (C=O) groups is 1. The van der Waals surface area contributed by atoms with E-state index in [1.165, 1.54) is 0 Å². The molecule has 1 saturated carbocycles. The highest BCUT2D eigenvalue weighted by molar-refractivity contribution is 7.84. The van der Waals surface area contributed by atoms with Gasteiger partial charge in [-0.05, 0) is 18.8 Å². The number of nitrogens with one attached hydrogen (secondary N) is 1. The van der Waals surface area contributed by atoms with Crippen LogP contribution in [-0.2, 0) is 15.6 Å². The zero-order chi connectivity index (χ0) is 13.8. The molecule has 1 rings (SSSR count). The van der Waals surface area contributed by atoms with Crippen LogP contribution in [0.3, 0.4) is 0 Å². The van der Waals surface area contributed by atoms with Crippen LogP contribution in [0.4, 0.5) is 0 Å². The van der Waals surface area contributed by atoms with Crippen molar-refractivity contribution < 1.29 is 14.2 Å². The summed E-state index contributed by atoms with van der Waals surface area (Å²) in [6, 6.07) is 0. The van der Waals surface area contributed by atoms with Gasteiger partial charge in [-0.3, -0.25) is 9.00 Å². The Bertz CT molecular complexity index is 365. The predicted octanol–water partition coefficient (Wildman–Crippen LogP) is 0.0339. The third-order valence-electron chi connectivity index (χ3n) is 3.36. The van der Waals surface area contributed by atoms with Gasteiger partial charge in [0.15, 0.2) is 5.84 Å². The molecule has 0 saturated heterocycles. The fraction of sp³-hybridized carbons (Fsp3) is 0.818. The fourth-order valence-corrected chi connectivity index (χ4v) is 2.95. The molecule has 0 heterocycles. The summed E-state index contributed by atoms with van der Waals surface area (Å²) in [4.78, 5) is 12.1. The van der Waals surface area contributed by atoms with Crippen LogP contribution < -0.4 is 11.1 Å². The van der Waals surface area contributed by atoms with E-state index in [2.05, 4.69) is 10.5 Å². The Kier molecular flexibility index (Phi) is 5.13. The van der Waals surface area contributed by atoms with Crippen molar-refractivity contribution in [3.8, 4) is 0 Å². The smallest absolute Gasteiger partial charge is 0.234 e. The molecule has 7 heteroatoms. The SMILES string of the molecule is CCS(=O)CCNC(=O)C1(C(N)=NO)CC(C)C1. The Morgan fingerprint density at radius 1 is 1.61 bits per heavy atom. The largest absolute Gasteiger partial charge is 0.409 e. The highest BCUT2D eigenvalue weighted by Crippen LogP contribution is 2.45. The van der Waals surface area contributed by atoms with Crippen molar-refractivity contribution in [3.05, 3.63) is 0 Å². The molecule has 6 nitrogen and oxygen atoms in total. The third kappa shape index (κ3) is 3.01. The molecule has 0 spiro atoms. The van der Waals surface area contributed by atoms with Gasteiger partial charge in [-0.25, -0.2) is 0 Å². The van der Waals surface area contributed by atoms with Crippen molar-refractivity contribution in [1.82, 2.24) is 5.32 Å². The maximum Gasteiger partial charge on any atom is 0.234 e. The van der Waals surface area contributed by atoms with E-state index in [1.54, 1.807) is 0 Å². The van der Waals surface area contributed by atoms with Gasteiger partial charge in [-0.15, -0.1) is 0 Å². The van der Waals surface area contributed by atoms with E-state index in [9.17, 15) is 9.00 Å². The zero-order valence-corrected chi connectivity index (χ0v) is 11.6. The number of amidine groups is 1. The molecule has 1 amide bonds. The first-order valence-electron chi connectivity index (χ1n) is 6.07. The number of nitrogens with zero attached hydrogens (tertiary/aromatic N) is 1. The Balaban J connectivity index is 2.55. The predicted molar refractivity (Wildman–Crippen MR) is 70.8 cm³/mol. The molecule has 1 aliphatic rings. The molecule has 0 aliphatic heterocycles. The second kappa shape index (κ2) is 6.17. The number of carbonyl (C=O) groups excluding carboxylic acids is 1.